The van der Waals surface area contributed by atoms with E-state index < -0.39 is 0 Å². The molecule has 106 valence electrons. The van der Waals surface area contributed by atoms with Gasteiger partial charge in [-0.05, 0) is 35.9 Å². The third-order valence-electron chi connectivity index (χ3n) is 3.27. The second-order valence-corrected chi connectivity index (χ2v) is 5.05. The molecule has 21 heavy (non-hydrogen) atoms. The van der Waals surface area contributed by atoms with E-state index in [0.29, 0.717) is 0 Å². The van der Waals surface area contributed by atoms with Crippen LogP contribution in [0.15, 0.2) is 52.3 Å². The Morgan fingerprint density at radius 3 is 2.43 bits per heavy atom. The summed E-state index contributed by atoms with van der Waals surface area (Å²) in [5, 5.41) is 0. The summed E-state index contributed by atoms with van der Waals surface area (Å²) >= 11 is 0. The summed E-state index contributed by atoms with van der Waals surface area (Å²) in [5.74, 6) is 0. The zero-order chi connectivity index (χ0) is 14.8. The van der Waals surface area contributed by atoms with Crippen LogP contribution in [0.25, 0.3) is 11.0 Å². The van der Waals surface area contributed by atoms with Gasteiger partial charge < -0.3 is 14.9 Å². The largest absolute Gasteiger partial charge is 0.378 e. The molecule has 2 N–H and O–H groups in total. The standard InChI is InChI=1S/C16H16N4O/c1-20(2)13-6-3-11(4-7-13)10-17-12-5-8-14-15(9-12)19-16(21)18-14/h3-10H,1-2H3,(H2,18,19,21). The van der Waals surface area contributed by atoms with E-state index in [1.165, 1.54) is 0 Å². The lowest BCUT2D eigenvalue weighted by Crippen LogP contribution is -2.08. The van der Waals surface area contributed by atoms with Crippen molar-refractivity contribution in [2.45, 2.75) is 0 Å². The maximum absolute atomic E-state index is 11.2. The van der Waals surface area contributed by atoms with Gasteiger partial charge in [-0.1, -0.05) is 12.1 Å². The molecule has 0 unspecified atom stereocenters. The van der Waals surface area contributed by atoms with Crippen LogP contribution >= 0.6 is 0 Å². The summed E-state index contributed by atoms with van der Waals surface area (Å²) in [4.78, 5) is 23.1. The summed E-state index contributed by atoms with van der Waals surface area (Å²) < 4.78 is 0. The molecule has 5 nitrogen and oxygen atoms in total. The first-order valence-corrected chi connectivity index (χ1v) is 6.65. The number of aromatic amines is 2. The number of nitrogens with zero attached hydrogens (tertiary/aromatic N) is 2. The van der Waals surface area contributed by atoms with E-state index in [1.807, 2.05) is 62.8 Å². The van der Waals surface area contributed by atoms with Gasteiger partial charge in [-0.25, -0.2) is 4.79 Å². The Hall–Kier alpha value is -2.82. The van der Waals surface area contributed by atoms with Crippen molar-refractivity contribution in [2.75, 3.05) is 19.0 Å². The van der Waals surface area contributed by atoms with Crippen LogP contribution in [0, 0.1) is 0 Å². The van der Waals surface area contributed by atoms with Crippen molar-refractivity contribution in [1.29, 1.82) is 0 Å². The minimum absolute atomic E-state index is 0.203. The fourth-order valence-corrected chi connectivity index (χ4v) is 2.11. The second kappa shape index (κ2) is 5.28. The number of imidazole rings is 1. The minimum atomic E-state index is -0.203. The van der Waals surface area contributed by atoms with Crippen molar-refractivity contribution in [3.05, 3.63) is 58.5 Å². The first-order valence-electron chi connectivity index (χ1n) is 6.65. The number of nitrogens with one attached hydrogen (secondary N) is 2. The first-order chi connectivity index (χ1) is 10.1. The number of fused-ring (bicyclic) bond motifs is 1. The zero-order valence-corrected chi connectivity index (χ0v) is 11.9. The van der Waals surface area contributed by atoms with Crippen molar-refractivity contribution in [3.63, 3.8) is 0 Å². The molecule has 0 atom stereocenters. The summed E-state index contributed by atoms with van der Waals surface area (Å²) in [6.45, 7) is 0. The highest BCUT2D eigenvalue weighted by Gasteiger charge is 1.99. The Bertz CT molecular complexity index is 841. The highest BCUT2D eigenvalue weighted by molar-refractivity contribution is 5.84. The van der Waals surface area contributed by atoms with Crippen LogP contribution in [0.1, 0.15) is 5.56 Å². The number of rotatable bonds is 3. The number of hydrogen-bond acceptors (Lipinski definition) is 3. The number of hydrogen-bond donors (Lipinski definition) is 2. The molecule has 0 aliphatic carbocycles. The molecular formula is C16H16N4O. The molecule has 0 radical (unpaired) electrons. The number of anilines is 1. The van der Waals surface area contributed by atoms with E-state index >= 15 is 0 Å². The molecule has 0 fully saturated rings. The molecule has 5 heteroatoms. The molecule has 0 amide bonds. The van der Waals surface area contributed by atoms with Gasteiger partial charge in [0.05, 0.1) is 16.7 Å². The van der Waals surface area contributed by atoms with E-state index in [1.54, 1.807) is 0 Å². The zero-order valence-electron chi connectivity index (χ0n) is 11.9. The Balaban J connectivity index is 1.84. The van der Waals surface area contributed by atoms with Gasteiger partial charge in [0.15, 0.2) is 0 Å². The Labute approximate surface area is 122 Å². The van der Waals surface area contributed by atoms with Crippen LogP contribution in [0.5, 0.6) is 0 Å². The maximum Gasteiger partial charge on any atom is 0.323 e. The molecule has 3 aromatic rings. The lowest BCUT2D eigenvalue weighted by Gasteiger charge is -2.11. The molecule has 0 spiro atoms. The maximum atomic E-state index is 11.2. The Morgan fingerprint density at radius 1 is 1.00 bits per heavy atom. The molecule has 1 aromatic heterocycles. The van der Waals surface area contributed by atoms with Crippen molar-refractivity contribution in [2.24, 2.45) is 4.99 Å². The molecule has 1 heterocycles. The van der Waals surface area contributed by atoms with Gasteiger partial charge in [0.1, 0.15) is 0 Å². The average Bonchev–Trinajstić information content (AvgIpc) is 2.84. The minimum Gasteiger partial charge on any atom is -0.378 e. The van der Waals surface area contributed by atoms with Crippen LogP contribution in [-0.4, -0.2) is 30.3 Å². The molecule has 2 aromatic carbocycles. The van der Waals surface area contributed by atoms with Gasteiger partial charge in [0, 0.05) is 26.0 Å². The number of aliphatic imine (C=N–C) groups is 1. The third-order valence-corrected chi connectivity index (χ3v) is 3.27. The third kappa shape index (κ3) is 2.86. The van der Waals surface area contributed by atoms with Crippen LogP contribution in [0.3, 0.4) is 0 Å². The quantitative estimate of drug-likeness (QED) is 0.724. The summed E-state index contributed by atoms with van der Waals surface area (Å²) in [6.07, 6.45) is 1.81. The first kappa shape index (κ1) is 13.2. The van der Waals surface area contributed by atoms with Crippen LogP contribution in [0.2, 0.25) is 0 Å². The monoisotopic (exact) mass is 280 g/mol. The summed E-state index contributed by atoms with van der Waals surface area (Å²) in [7, 11) is 4.02. The van der Waals surface area contributed by atoms with Crippen molar-refractivity contribution in [3.8, 4) is 0 Å². The topological polar surface area (TPSA) is 64.2 Å². The van der Waals surface area contributed by atoms with Gasteiger partial charge in [0.2, 0.25) is 0 Å². The van der Waals surface area contributed by atoms with Crippen LogP contribution in [0.4, 0.5) is 11.4 Å². The number of aromatic nitrogens is 2. The molecule has 0 saturated heterocycles. The molecule has 0 saturated carbocycles. The van der Waals surface area contributed by atoms with E-state index in [2.05, 4.69) is 19.9 Å². The molecule has 3 rings (SSSR count). The molecule has 0 bridgehead atoms. The van der Waals surface area contributed by atoms with Gasteiger partial charge in [-0.15, -0.1) is 0 Å². The predicted molar refractivity (Wildman–Crippen MR) is 86.9 cm³/mol. The van der Waals surface area contributed by atoms with Gasteiger partial charge in [-0.3, -0.25) is 4.99 Å². The van der Waals surface area contributed by atoms with Gasteiger partial charge in [0.25, 0.3) is 0 Å². The molecular weight excluding hydrogens is 264 g/mol. The smallest absolute Gasteiger partial charge is 0.323 e. The van der Waals surface area contributed by atoms with E-state index in [4.69, 9.17) is 0 Å². The molecule has 0 aliphatic rings. The van der Waals surface area contributed by atoms with Gasteiger partial charge in [-0.2, -0.15) is 0 Å². The number of H-pyrrole nitrogens is 2. The van der Waals surface area contributed by atoms with Crippen molar-refractivity contribution in [1.82, 2.24) is 9.97 Å². The normalized spacial score (nSPS) is 11.3. The lowest BCUT2D eigenvalue weighted by molar-refractivity contribution is 1.13. The SMILES string of the molecule is CN(C)c1ccc(C=Nc2ccc3[nH]c(=O)[nH]c3c2)cc1. The Kier molecular flexibility index (Phi) is 3.31. The van der Waals surface area contributed by atoms with E-state index in [9.17, 15) is 4.79 Å². The van der Waals surface area contributed by atoms with Crippen molar-refractivity contribution >= 4 is 28.6 Å². The summed E-state index contributed by atoms with van der Waals surface area (Å²) in [6, 6.07) is 13.7. The van der Waals surface area contributed by atoms with Crippen molar-refractivity contribution < 1.29 is 0 Å². The predicted octanol–water partition coefficient (Wildman–Crippen LogP) is 2.67. The van der Waals surface area contributed by atoms with Gasteiger partial charge >= 0.3 is 5.69 Å². The van der Waals surface area contributed by atoms with E-state index in [0.717, 1.165) is 28.0 Å². The van der Waals surface area contributed by atoms with Crippen LogP contribution < -0.4 is 10.6 Å². The van der Waals surface area contributed by atoms with E-state index in [-0.39, 0.29) is 5.69 Å². The molecule has 0 aliphatic heterocycles. The number of benzene rings is 2. The Morgan fingerprint density at radius 2 is 1.71 bits per heavy atom. The second-order valence-electron chi connectivity index (χ2n) is 5.05. The lowest BCUT2D eigenvalue weighted by atomic mass is 10.2. The average molecular weight is 280 g/mol. The fourth-order valence-electron chi connectivity index (χ4n) is 2.11. The fraction of sp³-hybridized carbons (Fsp3) is 0.125. The van der Waals surface area contributed by atoms with Crippen LogP contribution in [-0.2, 0) is 0 Å². The highest BCUT2D eigenvalue weighted by Crippen LogP contribution is 2.18. The summed E-state index contributed by atoms with van der Waals surface area (Å²) in [5.41, 5.74) is 4.33. The highest BCUT2D eigenvalue weighted by atomic mass is 16.1.